The number of rotatable bonds is 12. The zero-order valence-electron chi connectivity index (χ0n) is 27.8. The van der Waals surface area contributed by atoms with Crippen LogP contribution in [0.25, 0.3) is 0 Å². The van der Waals surface area contributed by atoms with Gasteiger partial charge < -0.3 is 14.7 Å². The molecule has 0 aromatic heterocycles. The molecular weight excluding hydrogens is 612 g/mol. The van der Waals surface area contributed by atoms with Crippen molar-refractivity contribution in [2.45, 2.75) is 47.1 Å². The van der Waals surface area contributed by atoms with E-state index in [9.17, 15) is 4.89 Å². The van der Waals surface area contributed by atoms with E-state index >= 15 is 0 Å². The van der Waals surface area contributed by atoms with E-state index in [-0.39, 0.29) is 14.8 Å². The fourth-order valence-electron chi connectivity index (χ4n) is 5.16. The molecule has 1 aliphatic heterocycles. The first-order chi connectivity index (χ1) is 23.0. The van der Waals surface area contributed by atoms with Crippen LogP contribution >= 0.6 is 20.6 Å². The highest BCUT2D eigenvalue weighted by Crippen LogP contribution is 2.42. The lowest BCUT2D eigenvalue weighted by Gasteiger charge is -2.34. The van der Waals surface area contributed by atoms with Crippen molar-refractivity contribution in [1.29, 1.82) is 0 Å². The van der Waals surface area contributed by atoms with Crippen LogP contribution in [-0.2, 0) is 0 Å². The topological polar surface area (TPSA) is 26.7 Å². The van der Waals surface area contributed by atoms with Crippen LogP contribution in [0.4, 0.5) is 5.69 Å². The van der Waals surface area contributed by atoms with Crippen molar-refractivity contribution in [2.75, 3.05) is 4.90 Å². The molecule has 2 aliphatic carbocycles. The van der Waals surface area contributed by atoms with Crippen LogP contribution in [0.5, 0.6) is 0 Å². The van der Waals surface area contributed by atoms with Crippen molar-refractivity contribution in [2.24, 2.45) is 0 Å². The van der Waals surface area contributed by atoms with Crippen molar-refractivity contribution < 1.29 is 4.89 Å². The van der Waals surface area contributed by atoms with Crippen LogP contribution < -0.4 is 4.90 Å². The largest absolute Gasteiger partial charge is 0.372 e. The van der Waals surface area contributed by atoms with Gasteiger partial charge in [-0.25, -0.2) is 0 Å². The molecule has 1 N–H and O–H groups in total. The molecule has 0 fully saturated rings. The fourth-order valence-corrected chi connectivity index (χ4v) is 6.81. The number of hydrogen-bond acceptors (Lipinski definition) is 4. The first kappa shape index (κ1) is 35.4. The van der Waals surface area contributed by atoms with Crippen molar-refractivity contribution in [3.05, 3.63) is 200 Å². The average Bonchev–Trinajstić information content (AvgIpc) is 3.41. The maximum Gasteiger partial charge on any atom is 0.0577 e. The third kappa shape index (κ3) is 9.76. The minimum absolute atomic E-state index is 0.187. The van der Waals surface area contributed by atoms with E-state index in [2.05, 4.69) is 151 Å². The normalized spacial score (nSPS) is 18.6. The number of allylic oxidation sites excluding steroid dienone is 15. The summed E-state index contributed by atoms with van der Waals surface area (Å²) in [5.74, 6) is 0. The molecule has 47 heavy (non-hydrogen) atoms. The predicted molar refractivity (Wildman–Crippen MR) is 207 cm³/mol. The minimum Gasteiger partial charge on any atom is -0.372 e. The molecule has 0 bridgehead atoms. The van der Waals surface area contributed by atoms with E-state index in [1.54, 1.807) is 11.8 Å². The Hall–Kier alpha value is -4.48. The number of anilines is 1. The third-order valence-electron chi connectivity index (χ3n) is 7.49. The Labute approximate surface area is 287 Å². The number of thioether (sulfide) groups is 1. The summed E-state index contributed by atoms with van der Waals surface area (Å²) < 4.78 is 0. The van der Waals surface area contributed by atoms with Gasteiger partial charge in [-0.1, -0.05) is 84.3 Å². The van der Waals surface area contributed by atoms with E-state index < -0.39 is 0 Å². The van der Waals surface area contributed by atoms with Crippen LogP contribution in [0.2, 0.25) is 0 Å². The maximum absolute atomic E-state index is 10.2. The van der Waals surface area contributed by atoms with Gasteiger partial charge in [0.05, 0.1) is 19.8 Å². The SMILES string of the molecule is CC=C=C/C(=C\C)N(/C=C/C=C(\C)C1=C=C(PO)C=C(C2=CCC(N(C(/C=C\C)=C/C)c3ccccc3)C=C2)S1)C1=CC=C=CC=C1. The number of benzene rings is 1. The molecule has 5 heteroatoms. The van der Waals surface area contributed by atoms with Gasteiger partial charge in [0.25, 0.3) is 0 Å². The Morgan fingerprint density at radius 3 is 2.55 bits per heavy atom. The van der Waals surface area contributed by atoms with Crippen LogP contribution in [-0.4, -0.2) is 15.8 Å². The lowest BCUT2D eigenvalue weighted by Crippen LogP contribution is -2.33. The van der Waals surface area contributed by atoms with Crippen LogP contribution in [0.15, 0.2) is 200 Å². The van der Waals surface area contributed by atoms with Gasteiger partial charge in [-0.2, -0.15) is 0 Å². The van der Waals surface area contributed by atoms with Crippen LogP contribution in [0.1, 0.15) is 41.0 Å². The number of nitrogens with zero attached hydrogens (tertiary/aromatic N) is 2. The molecule has 0 spiro atoms. The summed E-state index contributed by atoms with van der Waals surface area (Å²) in [5.41, 5.74) is 16.4. The Bertz CT molecular complexity index is 1820. The lowest BCUT2D eigenvalue weighted by molar-refractivity contribution is 0.612. The van der Waals surface area contributed by atoms with Crippen molar-refractivity contribution >= 4 is 26.3 Å². The smallest absolute Gasteiger partial charge is 0.0577 e. The van der Waals surface area contributed by atoms with E-state index in [1.807, 2.05) is 50.3 Å². The molecule has 3 nitrogen and oxygen atoms in total. The van der Waals surface area contributed by atoms with Crippen LogP contribution in [0.3, 0.4) is 0 Å². The van der Waals surface area contributed by atoms with E-state index in [4.69, 9.17) is 0 Å². The summed E-state index contributed by atoms with van der Waals surface area (Å²) in [6.07, 6.45) is 38.2. The quantitative estimate of drug-likeness (QED) is 0.138. The Balaban J connectivity index is 1.56. The van der Waals surface area contributed by atoms with Gasteiger partial charge in [-0.15, -0.1) is 11.5 Å². The summed E-state index contributed by atoms with van der Waals surface area (Å²) >= 11 is 1.70. The molecule has 0 amide bonds. The second-order valence-electron chi connectivity index (χ2n) is 10.7. The molecule has 0 saturated heterocycles. The van der Waals surface area contributed by atoms with E-state index in [1.165, 1.54) is 17.0 Å². The standard InChI is InChI=1S/C42H43N2OPS/c1-6-10-21-35(8-3)43(37-22-14-11-12-15-23-37)30-18-20-33(5)41-31-40(46-45)32-42(47-41)34-26-28-39(29-27-34)44(36(9-4)19-7-2)38-24-16-13-17-25-38/h6-9,11,13-28,30,32,39,45-46H,29H2,1-5H3/b19-7-,30-18+,33-20+,35-8+,36-9+. The molecule has 2 atom stereocenters. The molecule has 0 saturated carbocycles. The van der Waals surface area contributed by atoms with Gasteiger partial charge in [0, 0.05) is 45.3 Å². The molecule has 2 unspecified atom stereocenters. The van der Waals surface area contributed by atoms with Crippen molar-refractivity contribution in [3.63, 3.8) is 0 Å². The summed E-state index contributed by atoms with van der Waals surface area (Å²) in [4.78, 5) is 16.8. The summed E-state index contributed by atoms with van der Waals surface area (Å²) in [6.45, 7) is 10.2. The monoisotopic (exact) mass is 654 g/mol. The van der Waals surface area contributed by atoms with Gasteiger partial charge in [0.1, 0.15) is 0 Å². The Morgan fingerprint density at radius 2 is 1.87 bits per heavy atom. The second-order valence-corrected chi connectivity index (χ2v) is 12.5. The first-order valence-corrected chi connectivity index (χ1v) is 17.6. The zero-order valence-corrected chi connectivity index (χ0v) is 29.6. The molecule has 1 aromatic carbocycles. The molecule has 0 radical (unpaired) electrons. The maximum atomic E-state index is 10.2. The second kappa shape index (κ2) is 18.6. The van der Waals surface area contributed by atoms with Gasteiger partial charge in [0.15, 0.2) is 0 Å². The summed E-state index contributed by atoms with van der Waals surface area (Å²) in [7, 11) is -0.331. The number of para-hydroxylation sites is 1. The minimum atomic E-state index is -0.331. The first-order valence-electron chi connectivity index (χ1n) is 15.8. The fraction of sp³-hybridized carbons (Fsp3) is 0.167. The number of hydrogen-bond donors (Lipinski definition) is 1. The average molecular weight is 655 g/mol. The van der Waals surface area contributed by atoms with Gasteiger partial charge in [-0.3, -0.25) is 0 Å². The molecule has 238 valence electrons. The highest BCUT2D eigenvalue weighted by atomic mass is 32.2. The molecular formula is C42H43N2OPS. The summed E-state index contributed by atoms with van der Waals surface area (Å²) in [6, 6.07) is 10.7. The Morgan fingerprint density at radius 1 is 1.06 bits per heavy atom. The lowest BCUT2D eigenvalue weighted by atomic mass is 9.99. The Kier molecular flexibility index (Phi) is 14.0. The highest BCUT2D eigenvalue weighted by molar-refractivity contribution is 8.07. The molecule has 1 heterocycles. The van der Waals surface area contributed by atoms with Gasteiger partial charge in [-0.05, 0) is 113 Å². The van der Waals surface area contributed by atoms with Gasteiger partial charge >= 0.3 is 0 Å². The van der Waals surface area contributed by atoms with Crippen molar-refractivity contribution in [1.82, 2.24) is 4.90 Å². The van der Waals surface area contributed by atoms with Crippen LogP contribution in [0, 0.1) is 0 Å². The van der Waals surface area contributed by atoms with E-state index in [0.717, 1.165) is 38.5 Å². The highest BCUT2D eigenvalue weighted by Gasteiger charge is 2.22. The molecule has 3 aliphatic rings. The van der Waals surface area contributed by atoms with Crippen molar-refractivity contribution in [3.8, 4) is 0 Å². The van der Waals surface area contributed by atoms with E-state index in [0.29, 0.717) is 0 Å². The molecule has 1 aromatic rings. The third-order valence-corrected chi connectivity index (χ3v) is 9.21. The summed E-state index contributed by atoms with van der Waals surface area (Å²) in [5, 5.41) is 0.805. The van der Waals surface area contributed by atoms with Gasteiger partial charge in [0.2, 0.25) is 0 Å². The molecule has 4 rings (SSSR count). The predicted octanol–water partition coefficient (Wildman–Crippen LogP) is 11.4. The zero-order chi connectivity index (χ0) is 33.4.